The van der Waals surface area contributed by atoms with Crippen molar-refractivity contribution in [2.45, 2.75) is 9.24 Å². The molecule has 0 saturated carbocycles. The van der Waals surface area contributed by atoms with Gasteiger partial charge >= 0.3 is 0 Å². The number of nitrogens with one attached hydrogen (secondary N) is 1. The molecule has 0 aliphatic carbocycles. The summed E-state index contributed by atoms with van der Waals surface area (Å²) in [5, 5.41) is 0. The first-order chi connectivity index (χ1) is 11.3. The van der Waals surface area contributed by atoms with Crippen LogP contribution in [0.25, 0.3) is 10.2 Å². The first-order valence-electron chi connectivity index (χ1n) is 6.43. The van der Waals surface area contributed by atoms with Gasteiger partial charge in [-0.3, -0.25) is 4.72 Å². The van der Waals surface area contributed by atoms with E-state index in [9.17, 15) is 21.6 Å². The van der Waals surface area contributed by atoms with Crippen LogP contribution in [0.2, 0.25) is 0 Å². The van der Waals surface area contributed by atoms with Gasteiger partial charge in [0.15, 0.2) is 21.8 Å². The maximum Gasteiger partial charge on any atom is 0.264 e. The molecular weight excluding hydrogens is 381 g/mol. The molecule has 4 nitrogen and oxygen atoms in total. The molecule has 0 fully saturated rings. The number of halogens is 3. The zero-order valence-electron chi connectivity index (χ0n) is 12.0. The van der Waals surface area contributed by atoms with E-state index in [0.29, 0.717) is 17.6 Å². The van der Waals surface area contributed by atoms with Gasteiger partial charge in [0, 0.05) is 0 Å². The van der Waals surface area contributed by atoms with Crippen molar-refractivity contribution in [3.05, 3.63) is 47.8 Å². The van der Waals surface area contributed by atoms with E-state index in [4.69, 9.17) is 0 Å². The van der Waals surface area contributed by atoms with Crippen LogP contribution in [0.3, 0.4) is 0 Å². The number of hydrogen-bond acceptors (Lipinski definition) is 5. The van der Waals surface area contributed by atoms with E-state index >= 15 is 0 Å². The molecule has 0 unspecified atom stereocenters. The Morgan fingerprint density at radius 2 is 1.88 bits per heavy atom. The minimum atomic E-state index is -4.40. The summed E-state index contributed by atoms with van der Waals surface area (Å²) in [5.41, 5.74) is 0.870. The highest BCUT2D eigenvalue weighted by atomic mass is 32.2. The number of thiazole rings is 1. The van der Waals surface area contributed by atoms with Crippen molar-refractivity contribution < 1.29 is 21.6 Å². The van der Waals surface area contributed by atoms with Gasteiger partial charge in [-0.15, -0.1) is 11.3 Å². The lowest BCUT2D eigenvalue weighted by molar-refractivity contribution is 0.432. The summed E-state index contributed by atoms with van der Waals surface area (Å²) in [6.45, 7) is 0. The zero-order chi connectivity index (χ0) is 17.5. The molecule has 10 heteroatoms. The Kier molecular flexibility index (Phi) is 4.45. The first-order valence-corrected chi connectivity index (χ1v) is 9.95. The van der Waals surface area contributed by atoms with Gasteiger partial charge in [-0.1, -0.05) is 11.8 Å². The maximum absolute atomic E-state index is 13.7. The fraction of sp³-hybridized carbons (Fsp3) is 0.0714. The van der Waals surface area contributed by atoms with Gasteiger partial charge in [-0.25, -0.2) is 26.6 Å². The molecule has 0 amide bonds. The van der Waals surface area contributed by atoms with E-state index in [1.165, 1.54) is 29.2 Å². The molecule has 0 aliphatic heterocycles. The summed E-state index contributed by atoms with van der Waals surface area (Å²) in [4.78, 5) is 3.35. The van der Waals surface area contributed by atoms with Crippen LogP contribution in [-0.4, -0.2) is 19.7 Å². The van der Waals surface area contributed by atoms with Gasteiger partial charge in [-0.2, -0.15) is 0 Å². The third kappa shape index (κ3) is 3.08. The lowest BCUT2D eigenvalue weighted by Gasteiger charge is -2.09. The van der Waals surface area contributed by atoms with E-state index < -0.39 is 32.4 Å². The number of rotatable bonds is 4. The average molecular weight is 390 g/mol. The summed E-state index contributed by atoms with van der Waals surface area (Å²) in [5.74, 6) is -5.05. The molecule has 0 spiro atoms. The van der Waals surface area contributed by atoms with E-state index in [0.717, 1.165) is 9.04 Å². The van der Waals surface area contributed by atoms with Crippen molar-refractivity contribution in [3.8, 4) is 0 Å². The average Bonchev–Trinajstić information content (AvgIpc) is 2.94. The molecule has 0 saturated heterocycles. The van der Waals surface area contributed by atoms with Crippen molar-refractivity contribution in [3.63, 3.8) is 0 Å². The van der Waals surface area contributed by atoms with Crippen LogP contribution in [0.4, 0.5) is 18.9 Å². The standard InChI is InChI=1S/C14H9F3N2O2S3/c1-22-14-18-9-4-2-7(6-10(9)23-14)19-24(20,21)11-5-3-8(15)12(16)13(11)17/h2-6,19H,1H3. The smallest absolute Gasteiger partial charge is 0.264 e. The van der Waals surface area contributed by atoms with Crippen molar-refractivity contribution in [1.82, 2.24) is 4.98 Å². The van der Waals surface area contributed by atoms with E-state index in [-0.39, 0.29) is 5.69 Å². The summed E-state index contributed by atoms with van der Waals surface area (Å²) in [7, 11) is -4.40. The second kappa shape index (κ2) is 6.26. The lowest BCUT2D eigenvalue weighted by Crippen LogP contribution is -2.15. The molecule has 0 aliphatic rings. The number of nitrogens with zero attached hydrogens (tertiary/aromatic N) is 1. The van der Waals surface area contributed by atoms with Gasteiger partial charge in [0.2, 0.25) is 0 Å². The van der Waals surface area contributed by atoms with Crippen LogP contribution in [0.1, 0.15) is 0 Å². The van der Waals surface area contributed by atoms with Crippen LogP contribution in [-0.2, 0) is 10.0 Å². The number of thioether (sulfide) groups is 1. The Labute approximate surface area is 143 Å². The molecule has 0 bridgehead atoms. The summed E-state index contributed by atoms with van der Waals surface area (Å²) < 4.78 is 68.1. The minimum Gasteiger partial charge on any atom is -0.279 e. The number of sulfonamides is 1. The molecule has 3 rings (SSSR count). The second-order valence-corrected chi connectivity index (χ2v) is 8.38. The maximum atomic E-state index is 13.7. The van der Waals surface area contributed by atoms with Gasteiger partial charge in [-0.05, 0) is 36.6 Å². The Hall–Kier alpha value is -1.78. The number of anilines is 1. The van der Waals surface area contributed by atoms with Crippen molar-refractivity contribution in [1.29, 1.82) is 0 Å². The van der Waals surface area contributed by atoms with Gasteiger partial charge in [0.1, 0.15) is 4.90 Å². The number of benzene rings is 2. The Balaban J connectivity index is 1.99. The van der Waals surface area contributed by atoms with Crippen LogP contribution in [0.15, 0.2) is 39.6 Å². The lowest BCUT2D eigenvalue weighted by atomic mass is 10.3. The van der Waals surface area contributed by atoms with Gasteiger partial charge < -0.3 is 0 Å². The van der Waals surface area contributed by atoms with Crippen molar-refractivity contribution >= 4 is 49.0 Å². The second-order valence-electron chi connectivity index (χ2n) is 4.65. The minimum absolute atomic E-state index is 0.169. The highest BCUT2D eigenvalue weighted by molar-refractivity contribution is 8.00. The van der Waals surface area contributed by atoms with Gasteiger partial charge in [0.05, 0.1) is 15.9 Å². The molecule has 3 aromatic rings. The van der Waals surface area contributed by atoms with Gasteiger partial charge in [0.25, 0.3) is 10.0 Å². The summed E-state index contributed by atoms with van der Waals surface area (Å²) >= 11 is 2.83. The number of fused-ring (bicyclic) bond motifs is 1. The Morgan fingerprint density at radius 3 is 2.58 bits per heavy atom. The SMILES string of the molecule is CSc1nc2ccc(NS(=O)(=O)c3ccc(F)c(F)c3F)cc2s1. The third-order valence-electron chi connectivity index (χ3n) is 3.08. The predicted molar refractivity (Wildman–Crippen MR) is 88.5 cm³/mol. The predicted octanol–water partition coefficient (Wildman–Crippen LogP) is 4.24. The molecule has 0 radical (unpaired) electrons. The topological polar surface area (TPSA) is 59.1 Å². The first kappa shape index (κ1) is 17.1. The zero-order valence-corrected chi connectivity index (χ0v) is 14.5. The molecule has 1 heterocycles. The summed E-state index contributed by atoms with van der Waals surface area (Å²) in [6.07, 6.45) is 1.87. The van der Waals surface area contributed by atoms with E-state index in [1.807, 2.05) is 6.26 Å². The van der Waals surface area contributed by atoms with Crippen LogP contribution >= 0.6 is 23.1 Å². The molecule has 2 aromatic carbocycles. The molecule has 1 aromatic heterocycles. The van der Waals surface area contributed by atoms with Crippen LogP contribution in [0, 0.1) is 17.5 Å². The number of aromatic nitrogens is 1. The Bertz CT molecular complexity index is 1040. The van der Waals surface area contributed by atoms with Crippen LogP contribution in [0.5, 0.6) is 0 Å². The van der Waals surface area contributed by atoms with Crippen molar-refractivity contribution in [2.24, 2.45) is 0 Å². The highest BCUT2D eigenvalue weighted by Gasteiger charge is 2.24. The summed E-state index contributed by atoms with van der Waals surface area (Å²) in [6, 6.07) is 5.85. The molecular formula is C14H9F3N2O2S3. The Morgan fingerprint density at radius 1 is 1.12 bits per heavy atom. The largest absolute Gasteiger partial charge is 0.279 e. The van der Waals surface area contributed by atoms with Crippen molar-refractivity contribution in [2.75, 3.05) is 11.0 Å². The highest BCUT2D eigenvalue weighted by Crippen LogP contribution is 2.31. The fourth-order valence-corrected chi connectivity index (χ4v) is 4.63. The molecule has 126 valence electrons. The molecule has 24 heavy (non-hydrogen) atoms. The van der Waals surface area contributed by atoms with E-state index in [1.54, 1.807) is 12.1 Å². The quantitative estimate of drug-likeness (QED) is 0.535. The normalized spacial score (nSPS) is 11.8. The monoisotopic (exact) mass is 390 g/mol. The van der Waals surface area contributed by atoms with Crippen LogP contribution < -0.4 is 4.72 Å². The molecule has 1 N–H and O–H groups in total. The third-order valence-corrected chi connectivity index (χ3v) is 6.49. The number of hydrogen-bond donors (Lipinski definition) is 1. The fourth-order valence-electron chi connectivity index (χ4n) is 1.98. The van der Waals surface area contributed by atoms with E-state index in [2.05, 4.69) is 9.71 Å². The molecule has 0 atom stereocenters.